The Kier molecular flexibility index (Phi) is 19.8. The molecule has 1 aromatic carbocycles. The number of carbonyl (C=O) groups excluding carboxylic acids is 5. The highest BCUT2D eigenvalue weighted by Gasteiger charge is 2.22. The molecule has 0 aliphatic carbocycles. The summed E-state index contributed by atoms with van der Waals surface area (Å²) in [5, 5.41) is 29.2. The number of H-pyrrole nitrogens is 1. The molecule has 15 N–H and O–H groups in total. The molecular formula is C36H64N14O5. The van der Waals surface area contributed by atoms with Gasteiger partial charge in [-0.3, -0.25) is 4.99 Å². The summed E-state index contributed by atoms with van der Waals surface area (Å²) in [6.07, 6.45) is 3.24. The fourth-order valence-electron chi connectivity index (χ4n) is 5.51. The van der Waals surface area contributed by atoms with Crippen LogP contribution < -0.4 is 64.6 Å². The molecule has 0 aliphatic heterocycles. The molecule has 0 fully saturated rings. The van der Waals surface area contributed by atoms with Crippen molar-refractivity contribution < 1.29 is 24.0 Å². The van der Waals surface area contributed by atoms with E-state index in [0.717, 1.165) is 16.5 Å². The van der Waals surface area contributed by atoms with E-state index in [1.807, 2.05) is 72.0 Å². The molecule has 2 rings (SSSR count). The maximum atomic E-state index is 13.4. The van der Waals surface area contributed by atoms with Crippen LogP contribution in [-0.2, 0) is 6.42 Å². The van der Waals surface area contributed by atoms with E-state index in [4.69, 9.17) is 11.5 Å². The summed E-state index contributed by atoms with van der Waals surface area (Å²) in [4.78, 5) is 70.7. The molecule has 55 heavy (non-hydrogen) atoms. The van der Waals surface area contributed by atoms with Crippen molar-refractivity contribution in [3.8, 4) is 0 Å². The van der Waals surface area contributed by atoms with Gasteiger partial charge in [0.15, 0.2) is 5.96 Å². The van der Waals surface area contributed by atoms with Crippen molar-refractivity contribution in [2.75, 3.05) is 39.8 Å². The smallest absolute Gasteiger partial charge is 0.315 e. The third kappa shape index (κ3) is 18.3. The first-order valence-electron chi connectivity index (χ1n) is 18.8. The van der Waals surface area contributed by atoms with Gasteiger partial charge in [0.1, 0.15) is 0 Å². The molecule has 0 spiro atoms. The molecule has 0 saturated carbocycles. The molecule has 1 heterocycles. The highest BCUT2D eigenvalue weighted by Crippen LogP contribution is 2.19. The Morgan fingerprint density at radius 2 is 1.20 bits per heavy atom. The van der Waals surface area contributed by atoms with E-state index in [0.29, 0.717) is 25.8 Å². The molecule has 19 nitrogen and oxygen atoms in total. The van der Waals surface area contributed by atoms with E-state index in [1.54, 1.807) is 0 Å². The second-order valence-electron chi connectivity index (χ2n) is 14.4. The maximum absolute atomic E-state index is 13.4. The minimum Gasteiger partial charge on any atom is -0.370 e. The number of fused-ring (bicyclic) bond motifs is 1. The van der Waals surface area contributed by atoms with Crippen LogP contribution in [0.1, 0.15) is 59.9 Å². The first-order chi connectivity index (χ1) is 26.1. The second kappa shape index (κ2) is 23.9. The minimum absolute atomic E-state index is 0.0291. The van der Waals surface area contributed by atoms with Crippen LogP contribution in [0.2, 0.25) is 0 Å². The summed E-state index contributed by atoms with van der Waals surface area (Å²) < 4.78 is 0. The van der Waals surface area contributed by atoms with Crippen molar-refractivity contribution in [1.29, 1.82) is 0 Å². The molecule has 1 aromatic heterocycles. The molecule has 308 valence electrons. The van der Waals surface area contributed by atoms with Gasteiger partial charge in [-0.1, -0.05) is 45.9 Å². The van der Waals surface area contributed by atoms with Gasteiger partial charge in [-0.15, -0.1) is 0 Å². The number of benzene rings is 1. The van der Waals surface area contributed by atoms with Gasteiger partial charge in [-0.25, -0.2) is 24.0 Å². The van der Waals surface area contributed by atoms with Crippen LogP contribution in [0, 0.1) is 11.8 Å². The lowest BCUT2D eigenvalue weighted by atomic mass is 10.0. The van der Waals surface area contributed by atoms with Gasteiger partial charge in [0.05, 0.1) is 18.1 Å². The second-order valence-corrected chi connectivity index (χ2v) is 14.4. The van der Waals surface area contributed by atoms with Gasteiger partial charge in [0.2, 0.25) is 0 Å². The third-order valence-electron chi connectivity index (χ3n) is 8.69. The van der Waals surface area contributed by atoms with Gasteiger partial charge in [-0.2, -0.15) is 0 Å². The topological polar surface area (TPSA) is 286 Å². The van der Waals surface area contributed by atoms with Gasteiger partial charge in [0, 0.05) is 69.0 Å². The molecule has 4 atom stereocenters. The van der Waals surface area contributed by atoms with E-state index >= 15 is 0 Å². The lowest BCUT2D eigenvalue weighted by Gasteiger charge is -2.26. The van der Waals surface area contributed by atoms with E-state index < -0.39 is 30.2 Å². The standard InChI is InChI=1S/C36H64N14O5/c1-21(2)29(19-44-32(51)39-7)49-35(54)43-18-26(15-24-16-41-28-13-9-8-12-27(24)28)48-33(52)42-17-25(11-10-14-40-31(37)38)47-34(53)45-20-30(22(3)4)50-36(55)46-23(5)6/h8-9,12-13,16,21-23,25-26,29-30,41H,10-11,14-15,17-20H2,1-7H3,(H4,37,38,40)(H2,39,44,51)(H2,42,48,52)(H2,43,49,54)(H2,45,47,53)(H2,46,50,55)/t25-,26-,29+,30+/m0/s1. The van der Waals surface area contributed by atoms with Crippen LogP contribution >= 0.6 is 0 Å². The van der Waals surface area contributed by atoms with E-state index in [2.05, 4.69) is 63.1 Å². The Balaban J connectivity index is 2.10. The lowest BCUT2D eigenvalue weighted by Crippen LogP contribution is -2.55. The van der Waals surface area contributed by atoms with Crippen LogP contribution in [0.25, 0.3) is 10.9 Å². The number of nitrogens with one attached hydrogen (secondary N) is 11. The summed E-state index contributed by atoms with van der Waals surface area (Å²) in [6, 6.07) is 3.96. The highest BCUT2D eigenvalue weighted by molar-refractivity contribution is 5.83. The van der Waals surface area contributed by atoms with E-state index in [9.17, 15) is 24.0 Å². The largest absolute Gasteiger partial charge is 0.370 e. The van der Waals surface area contributed by atoms with Crippen molar-refractivity contribution >= 4 is 47.0 Å². The van der Waals surface area contributed by atoms with Crippen molar-refractivity contribution in [1.82, 2.24) is 58.2 Å². The van der Waals surface area contributed by atoms with Crippen molar-refractivity contribution in [3.63, 3.8) is 0 Å². The molecule has 0 radical (unpaired) electrons. The summed E-state index contributed by atoms with van der Waals surface area (Å²) in [6.45, 7) is 12.4. The number of aromatic amines is 1. The van der Waals surface area contributed by atoms with Crippen LogP contribution in [-0.4, -0.2) is 111 Å². The average molecular weight is 773 g/mol. The number of hydrogen-bond acceptors (Lipinski definition) is 6. The zero-order chi connectivity index (χ0) is 40.9. The predicted octanol–water partition coefficient (Wildman–Crippen LogP) is 1.08. The Morgan fingerprint density at radius 3 is 1.78 bits per heavy atom. The highest BCUT2D eigenvalue weighted by atomic mass is 16.2. The van der Waals surface area contributed by atoms with Crippen molar-refractivity contribution in [2.24, 2.45) is 28.3 Å². The summed E-state index contributed by atoms with van der Waals surface area (Å²) in [5.74, 6) is 0.0261. The minimum atomic E-state index is -0.531. The number of aromatic nitrogens is 1. The normalized spacial score (nSPS) is 13.2. The number of hydrogen-bond donors (Lipinski definition) is 13. The first kappa shape index (κ1) is 45.5. The van der Waals surface area contributed by atoms with Gasteiger partial charge in [-0.05, 0) is 56.6 Å². The Hall–Kier alpha value is -5.62. The Labute approximate surface area is 323 Å². The molecule has 0 unspecified atom stereocenters. The number of urea groups is 5. The van der Waals surface area contributed by atoms with Crippen LogP contribution in [0.3, 0.4) is 0 Å². The number of aliphatic imine (C=N–C) groups is 1. The lowest BCUT2D eigenvalue weighted by molar-refractivity contribution is 0.222. The zero-order valence-electron chi connectivity index (χ0n) is 33.2. The number of carbonyl (C=O) groups is 5. The molecule has 0 aliphatic rings. The fourth-order valence-corrected chi connectivity index (χ4v) is 5.51. The SMILES string of the molecule is CNC(=O)NC[C@@H](NC(=O)NC[C@H](Cc1c[nH]c2ccccc12)NC(=O)NC[C@H](CCCN=C(N)N)NC(=O)NC[C@@H](NC(=O)NC(C)C)C(C)C)C(C)C. The molecule has 19 heteroatoms. The number of nitrogens with zero attached hydrogens (tertiary/aromatic N) is 1. The molecular weight excluding hydrogens is 708 g/mol. The summed E-state index contributed by atoms with van der Waals surface area (Å²) in [7, 11) is 1.51. The Bertz CT molecular complexity index is 1540. The third-order valence-corrected chi connectivity index (χ3v) is 8.69. The number of para-hydroxylation sites is 1. The van der Waals surface area contributed by atoms with Crippen LogP contribution in [0.15, 0.2) is 35.5 Å². The molecule has 0 bridgehead atoms. The summed E-state index contributed by atoms with van der Waals surface area (Å²) >= 11 is 0. The fraction of sp³-hybridized carbons (Fsp3) is 0.611. The molecule has 2 aromatic rings. The van der Waals surface area contributed by atoms with Gasteiger partial charge < -0.3 is 69.6 Å². The maximum Gasteiger partial charge on any atom is 0.315 e. The zero-order valence-corrected chi connectivity index (χ0v) is 33.2. The first-order valence-corrected chi connectivity index (χ1v) is 18.8. The summed E-state index contributed by atoms with van der Waals surface area (Å²) in [5.41, 5.74) is 12.8. The van der Waals surface area contributed by atoms with Gasteiger partial charge in [0.25, 0.3) is 0 Å². The van der Waals surface area contributed by atoms with E-state index in [-0.39, 0.29) is 74.2 Å². The number of rotatable bonds is 21. The van der Waals surface area contributed by atoms with Gasteiger partial charge >= 0.3 is 30.2 Å². The average Bonchev–Trinajstić information content (AvgIpc) is 3.52. The molecule has 0 saturated heterocycles. The molecule has 10 amide bonds. The van der Waals surface area contributed by atoms with Crippen molar-refractivity contribution in [2.45, 2.75) is 91.0 Å². The number of nitrogens with two attached hydrogens (primary N) is 2. The van der Waals surface area contributed by atoms with E-state index in [1.165, 1.54) is 7.05 Å². The van der Waals surface area contributed by atoms with Crippen LogP contribution in [0.4, 0.5) is 24.0 Å². The quantitative estimate of drug-likeness (QED) is 0.0498. The predicted molar refractivity (Wildman–Crippen MR) is 216 cm³/mol. The number of amides is 10. The monoisotopic (exact) mass is 773 g/mol. The van der Waals surface area contributed by atoms with Crippen LogP contribution in [0.5, 0.6) is 0 Å². The Morgan fingerprint density at radius 1 is 0.673 bits per heavy atom. The van der Waals surface area contributed by atoms with Crippen molar-refractivity contribution in [3.05, 3.63) is 36.0 Å². The number of guanidine groups is 1.